The summed E-state index contributed by atoms with van der Waals surface area (Å²) in [5.41, 5.74) is 0. The van der Waals surface area contributed by atoms with E-state index in [0.29, 0.717) is 18.3 Å². The second-order valence-corrected chi connectivity index (χ2v) is 4.88. The minimum atomic E-state index is 0.0926. The predicted molar refractivity (Wildman–Crippen MR) is 65.1 cm³/mol. The molecule has 0 radical (unpaired) electrons. The smallest absolute Gasteiger partial charge is 0.229 e. The number of aliphatic hydroxyl groups is 1. The predicted octanol–water partition coefficient (Wildman–Crippen LogP) is 0.776. The Bertz CT molecular complexity index is 363. The van der Waals surface area contributed by atoms with Gasteiger partial charge in [-0.3, -0.25) is 4.90 Å². The molecular weight excluding hydrogens is 234 g/mol. The zero-order valence-corrected chi connectivity index (χ0v) is 11.0. The molecular formula is C12H21N3O3. The summed E-state index contributed by atoms with van der Waals surface area (Å²) in [6.45, 7) is 4.21. The molecule has 2 rings (SSSR count). The number of ether oxygens (including phenoxy) is 1. The fourth-order valence-electron chi connectivity index (χ4n) is 1.96. The topological polar surface area (TPSA) is 71.6 Å². The molecule has 1 fully saturated rings. The largest absolute Gasteiger partial charge is 0.395 e. The lowest BCUT2D eigenvalue weighted by molar-refractivity contribution is 0.0778. The van der Waals surface area contributed by atoms with Crippen molar-refractivity contribution in [2.75, 3.05) is 26.9 Å². The van der Waals surface area contributed by atoms with Crippen molar-refractivity contribution < 1.29 is 14.4 Å². The first-order chi connectivity index (χ1) is 8.70. The highest BCUT2D eigenvalue weighted by atomic mass is 16.5. The molecule has 0 spiro atoms. The molecule has 1 aromatic heterocycles. The second kappa shape index (κ2) is 6.26. The van der Waals surface area contributed by atoms with Gasteiger partial charge in [-0.05, 0) is 26.8 Å². The average molecular weight is 255 g/mol. The number of likely N-dealkylation sites (N-methyl/N-ethyl adjacent to an activating group) is 1. The summed E-state index contributed by atoms with van der Waals surface area (Å²) in [5.74, 6) is 1.73. The third-order valence-corrected chi connectivity index (χ3v) is 3.46. The highest BCUT2D eigenvalue weighted by Gasteiger charge is 2.22. The number of hydrogen-bond acceptors (Lipinski definition) is 6. The number of aliphatic hydroxyl groups excluding tert-OH is 1. The summed E-state index contributed by atoms with van der Waals surface area (Å²) in [6.07, 6.45) is 1.90. The Morgan fingerprint density at radius 3 is 2.83 bits per heavy atom. The lowest BCUT2D eigenvalue weighted by atomic mass is 10.0. The highest BCUT2D eigenvalue weighted by molar-refractivity contribution is 4.95. The van der Waals surface area contributed by atoms with Crippen molar-refractivity contribution in [3.05, 3.63) is 11.7 Å². The summed E-state index contributed by atoms with van der Waals surface area (Å²) in [5, 5.41) is 13.1. The zero-order valence-electron chi connectivity index (χ0n) is 11.0. The van der Waals surface area contributed by atoms with Gasteiger partial charge in [-0.25, -0.2) is 0 Å². The van der Waals surface area contributed by atoms with Gasteiger partial charge in [-0.15, -0.1) is 0 Å². The van der Waals surface area contributed by atoms with E-state index in [9.17, 15) is 0 Å². The van der Waals surface area contributed by atoms with Gasteiger partial charge in [-0.1, -0.05) is 5.16 Å². The van der Waals surface area contributed by atoms with Crippen LogP contribution in [0.3, 0.4) is 0 Å². The van der Waals surface area contributed by atoms with Crippen LogP contribution in [0.2, 0.25) is 0 Å². The van der Waals surface area contributed by atoms with E-state index in [-0.39, 0.29) is 12.6 Å². The first-order valence-electron chi connectivity index (χ1n) is 6.42. The molecule has 1 N–H and O–H groups in total. The van der Waals surface area contributed by atoms with Gasteiger partial charge in [0.15, 0.2) is 5.82 Å². The average Bonchev–Trinajstić information content (AvgIpc) is 2.87. The Kier molecular flexibility index (Phi) is 4.68. The Morgan fingerprint density at radius 2 is 2.17 bits per heavy atom. The molecule has 6 heteroatoms. The van der Waals surface area contributed by atoms with Gasteiger partial charge in [0.2, 0.25) is 5.89 Å². The van der Waals surface area contributed by atoms with Crippen molar-refractivity contribution in [3.8, 4) is 0 Å². The molecule has 0 amide bonds. The van der Waals surface area contributed by atoms with E-state index in [2.05, 4.69) is 10.1 Å². The van der Waals surface area contributed by atoms with Crippen molar-refractivity contribution in [1.29, 1.82) is 0 Å². The van der Waals surface area contributed by atoms with E-state index in [0.717, 1.165) is 31.9 Å². The molecule has 0 saturated carbocycles. The van der Waals surface area contributed by atoms with Crippen LogP contribution in [0.5, 0.6) is 0 Å². The van der Waals surface area contributed by atoms with E-state index in [1.54, 1.807) is 0 Å². The molecule has 102 valence electrons. The molecule has 18 heavy (non-hydrogen) atoms. The Morgan fingerprint density at radius 1 is 1.44 bits per heavy atom. The molecule has 1 aliphatic heterocycles. The van der Waals surface area contributed by atoms with Crippen LogP contribution < -0.4 is 0 Å². The van der Waals surface area contributed by atoms with Gasteiger partial charge in [0, 0.05) is 25.2 Å². The number of hydrogen-bond donors (Lipinski definition) is 1. The van der Waals surface area contributed by atoms with E-state index in [4.69, 9.17) is 14.4 Å². The van der Waals surface area contributed by atoms with Crippen molar-refractivity contribution in [2.45, 2.75) is 38.3 Å². The van der Waals surface area contributed by atoms with Crippen LogP contribution in [0.1, 0.15) is 37.4 Å². The van der Waals surface area contributed by atoms with E-state index in [1.807, 2.05) is 18.9 Å². The molecule has 0 aliphatic carbocycles. The molecule has 1 aromatic rings. The second-order valence-electron chi connectivity index (χ2n) is 4.88. The van der Waals surface area contributed by atoms with Crippen LogP contribution in [0, 0.1) is 0 Å². The summed E-state index contributed by atoms with van der Waals surface area (Å²) in [4.78, 5) is 6.43. The van der Waals surface area contributed by atoms with Gasteiger partial charge in [0.25, 0.3) is 0 Å². The highest BCUT2D eigenvalue weighted by Crippen LogP contribution is 2.25. The van der Waals surface area contributed by atoms with Crippen molar-refractivity contribution in [2.24, 2.45) is 0 Å². The van der Waals surface area contributed by atoms with Crippen LogP contribution in [0.15, 0.2) is 4.52 Å². The SMILES string of the molecule is CC(CO)N(C)Cc1noc(C2CCOCC2)n1. The molecule has 1 aliphatic rings. The number of aromatic nitrogens is 2. The standard InChI is InChI=1S/C12H21N3O3/c1-9(8-16)15(2)7-11-13-12(18-14-11)10-3-5-17-6-4-10/h9-10,16H,3-8H2,1-2H3. The lowest BCUT2D eigenvalue weighted by Gasteiger charge is -2.20. The van der Waals surface area contributed by atoms with Crippen molar-refractivity contribution in [3.63, 3.8) is 0 Å². The van der Waals surface area contributed by atoms with E-state index >= 15 is 0 Å². The summed E-state index contributed by atoms with van der Waals surface area (Å²) in [6, 6.07) is 0.0926. The summed E-state index contributed by atoms with van der Waals surface area (Å²) >= 11 is 0. The Hall–Kier alpha value is -0.980. The monoisotopic (exact) mass is 255 g/mol. The number of nitrogens with zero attached hydrogens (tertiary/aromatic N) is 3. The maximum atomic E-state index is 9.07. The van der Waals surface area contributed by atoms with Crippen LogP contribution >= 0.6 is 0 Å². The van der Waals surface area contributed by atoms with Crippen LogP contribution in [0.4, 0.5) is 0 Å². The van der Waals surface area contributed by atoms with Crippen LogP contribution in [0.25, 0.3) is 0 Å². The van der Waals surface area contributed by atoms with Gasteiger partial charge < -0.3 is 14.4 Å². The van der Waals surface area contributed by atoms with E-state index in [1.165, 1.54) is 0 Å². The molecule has 6 nitrogen and oxygen atoms in total. The molecule has 1 unspecified atom stereocenters. The van der Waals surface area contributed by atoms with Crippen LogP contribution in [-0.4, -0.2) is 53.1 Å². The first kappa shape index (κ1) is 13.5. The van der Waals surface area contributed by atoms with Crippen molar-refractivity contribution >= 4 is 0 Å². The third kappa shape index (κ3) is 3.28. The molecule has 1 saturated heterocycles. The number of rotatable bonds is 5. The van der Waals surface area contributed by atoms with Crippen molar-refractivity contribution in [1.82, 2.24) is 15.0 Å². The molecule has 2 heterocycles. The molecule has 0 bridgehead atoms. The molecule has 1 atom stereocenters. The summed E-state index contributed by atoms with van der Waals surface area (Å²) in [7, 11) is 1.94. The molecule has 0 aromatic carbocycles. The van der Waals surface area contributed by atoms with E-state index < -0.39 is 0 Å². The normalized spacial score (nSPS) is 19.3. The Labute approximate surface area is 107 Å². The maximum absolute atomic E-state index is 9.07. The first-order valence-corrected chi connectivity index (χ1v) is 6.42. The minimum absolute atomic E-state index is 0.0926. The summed E-state index contributed by atoms with van der Waals surface area (Å²) < 4.78 is 10.6. The fourth-order valence-corrected chi connectivity index (χ4v) is 1.96. The minimum Gasteiger partial charge on any atom is -0.395 e. The van der Waals surface area contributed by atoms with Gasteiger partial charge in [0.05, 0.1) is 13.2 Å². The quantitative estimate of drug-likeness (QED) is 0.838. The van der Waals surface area contributed by atoms with Gasteiger partial charge in [0.1, 0.15) is 0 Å². The van der Waals surface area contributed by atoms with Gasteiger partial charge >= 0.3 is 0 Å². The maximum Gasteiger partial charge on any atom is 0.229 e. The fraction of sp³-hybridized carbons (Fsp3) is 0.833. The van der Waals surface area contributed by atoms with Crippen LogP contribution in [-0.2, 0) is 11.3 Å². The Balaban J connectivity index is 1.93. The zero-order chi connectivity index (χ0) is 13.0. The lowest BCUT2D eigenvalue weighted by Crippen LogP contribution is -2.31. The third-order valence-electron chi connectivity index (χ3n) is 3.46. The van der Waals surface area contributed by atoms with Gasteiger partial charge in [-0.2, -0.15) is 4.98 Å².